The van der Waals surface area contributed by atoms with Gasteiger partial charge in [0.1, 0.15) is 6.29 Å². The Balaban J connectivity index is 2.91. The van der Waals surface area contributed by atoms with E-state index in [1.54, 1.807) is 24.3 Å². The first-order chi connectivity index (χ1) is 5.36. The van der Waals surface area contributed by atoms with Crippen LogP contribution >= 0.6 is 0 Å². The van der Waals surface area contributed by atoms with E-state index in [1.165, 1.54) is 6.21 Å². The van der Waals surface area contributed by atoms with Crippen LogP contribution in [0.1, 0.15) is 15.9 Å². The van der Waals surface area contributed by atoms with E-state index in [9.17, 15) is 4.79 Å². The van der Waals surface area contributed by atoms with Crippen LogP contribution in [0, 0.1) is 0 Å². The second kappa shape index (κ2) is 3.51. The van der Waals surface area contributed by atoms with Crippen molar-refractivity contribution in [3.05, 3.63) is 35.4 Å². The summed E-state index contributed by atoms with van der Waals surface area (Å²) < 4.78 is 0. The minimum Gasteiger partial charge on any atom is -0.411 e. The van der Waals surface area contributed by atoms with Crippen molar-refractivity contribution in [1.82, 2.24) is 0 Å². The SMILES string of the molecule is O=Cc1ccc(C=NO)cc1. The number of oxime groups is 1. The molecular weight excluding hydrogens is 142 g/mol. The van der Waals surface area contributed by atoms with Crippen molar-refractivity contribution in [2.45, 2.75) is 0 Å². The number of nitrogens with zero attached hydrogens (tertiary/aromatic N) is 1. The summed E-state index contributed by atoms with van der Waals surface area (Å²) in [5, 5.41) is 11.0. The summed E-state index contributed by atoms with van der Waals surface area (Å²) in [4.78, 5) is 10.2. The quantitative estimate of drug-likeness (QED) is 0.298. The molecule has 0 radical (unpaired) electrons. The largest absolute Gasteiger partial charge is 0.411 e. The summed E-state index contributed by atoms with van der Waals surface area (Å²) in [7, 11) is 0. The number of aldehydes is 1. The van der Waals surface area contributed by atoms with Crippen LogP contribution in [-0.2, 0) is 0 Å². The summed E-state index contributed by atoms with van der Waals surface area (Å²) in [6, 6.07) is 6.71. The highest BCUT2D eigenvalue weighted by Crippen LogP contribution is 1.99. The van der Waals surface area contributed by atoms with E-state index in [2.05, 4.69) is 5.16 Å². The first-order valence-corrected chi connectivity index (χ1v) is 3.09. The Bertz CT molecular complexity index is 264. The molecule has 0 aliphatic rings. The zero-order chi connectivity index (χ0) is 8.10. The maximum atomic E-state index is 10.2. The van der Waals surface area contributed by atoms with Gasteiger partial charge in [-0.1, -0.05) is 29.4 Å². The summed E-state index contributed by atoms with van der Waals surface area (Å²) in [5.74, 6) is 0. The van der Waals surface area contributed by atoms with Crippen molar-refractivity contribution < 1.29 is 10.0 Å². The van der Waals surface area contributed by atoms with Gasteiger partial charge in [0, 0.05) is 5.56 Å². The van der Waals surface area contributed by atoms with Crippen LogP contribution < -0.4 is 0 Å². The fraction of sp³-hybridized carbons (Fsp3) is 0. The first-order valence-electron chi connectivity index (χ1n) is 3.09. The molecule has 0 saturated heterocycles. The van der Waals surface area contributed by atoms with Crippen molar-refractivity contribution >= 4 is 12.5 Å². The van der Waals surface area contributed by atoms with E-state index in [0.29, 0.717) is 5.56 Å². The smallest absolute Gasteiger partial charge is 0.150 e. The van der Waals surface area contributed by atoms with E-state index in [-0.39, 0.29) is 0 Å². The Morgan fingerprint density at radius 2 is 1.73 bits per heavy atom. The summed E-state index contributed by atoms with van der Waals surface area (Å²) in [6.45, 7) is 0. The van der Waals surface area contributed by atoms with Gasteiger partial charge in [-0.05, 0) is 5.56 Å². The predicted molar refractivity (Wildman–Crippen MR) is 41.2 cm³/mol. The average molecular weight is 149 g/mol. The molecule has 0 spiro atoms. The minimum absolute atomic E-state index is 0.611. The summed E-state index contributed by atoms with van der Waals surface area (Å²) in [5.41, 5.74) is 1.37. The third kappa shape index (κ3) is 1.89. The molecule has 0 fully saturated rings. The number of carbonyl (C=O) groups excluding carboxylic acids is 1. The van der Waals surface area contributed by atoms with Crippen LogP contribution in [0.3, 0.4) is 0 Å². The maximum absolute atomic E-state index is 10.2. The first kappa shape index (κ1) is 7.47. The zero-order valence-corrected chi connectivity index (χ0v) is 5.77. The van der Waals surface area contributed by atoms with Crippen LogP contribution in [0.2, 0.25) is 0 Å². The number of benzene rings is 1. The van der Waals surface area contributed by atoms with Gasteiger partial charge < -0.3 is 5.21 Å². The second-order valence-corrected chi connectivity index (χ2v) is 2.03. The molecule has 0 saturated carbocycles. The summed E-state index contributed by atoms with van der Waals surface area (Å²) >= 11 is 0. The van der Waals surface area contributed by atoms with Crippen molar-refractivity contribution in [2.75, 3.05) is 0 Å². The molecule has 3 nitrogen and oxygen atoms in total. The number of rotatable bonds is 2. The van der Waals surface area contributed by atoms with Gasteiger partial charge in [0.2, 0.25) is 0 Å². The molecular formula is C8H7NO2. The Labute approximate surface area is 64.0 Å². The molecule has 0 unspecified atom stereocenters. The molecule has 0 aliphatic carbocycles. The summed E-state index contributed by atoms with van der Waals surface area (Å²) in [6.07, 6.45) is 2.06. The van der Waals surface area contributed by atoms with Crippen molar-refractivity contribution in [3.8, 4) is 0 Å². The highest BCUT2D eigenvalue weighted by atomic mass is 16.4. The number of hydrogen-bond donors (Lipinski definition) is 1. The van der Waals surface area contributed by atoms with Gasteiger partial charge in [-0.2, -0.15) is 0 Å². The van der Waals surface area contributed by atoms with E-state index < -0.39 is 0 Å². The lowest BCUT2D eigenvalue weighted by atomic mass is 10.2. The molecule has 0 aromatic heterocycles. The van der Waals surface area contributed by atoms with Crippen molar-refractivity contribution in [1.29, 1.82) is 0 Å². The van der Waals surface area contributed by atoms with Gasteiger partial charge >= 0.3 is 0 Å². The Hall–Kier alpha value is -1.64. The molecule has 0 aliphatic heterocycles. The van der Waals surface area contributed by atoms with Gasteiger partial charge in [-0.25, -0.2) is 0 Å². The minimum atomic E-state index is 0.611. The lowest BCUT2D eigenvalue weighted by Crippen LogP contribution is -1.82. The van der Waals surface area contributed by atoms with E-state index in [1.807, 2.05) is 0 Å². The fourth-order valence-corrected chi connectivity index (χ4v) is 0.727. The van der Waals surface area contributed by atoms with Gasteiger partial charge in [0.05, 0.1) is 6.21 Å². The van der Waals surface area contributed by atoms with Crippen LogP contribution in [-0.4, -0.2) is 17.7 Å². The Morgan fingerprint density at radius 3 is 2.18 bits per heavy atom. The van der Waals surface area contributed by atoms with Crippen LogP contribution in [0.15, 0.2) is 29.4 Å². The maximum Gasteiger partial charge on any atom is 0.150 e. The standard InChI is InChI=1S/C8H7NO2/c10-6-8-3-1-7(2-4-8)5-9-11/h1-6,11H. The zero-order valence-electron chi connectivity index (χ0n) is 5.77. The van der Waals surface area contributed by atoms with E-state index in [4.69, 9.17) is 5.21 Å². The lowest BCUT2D eigenvalue weighted by molar-refractivity contribution is 0.112. The third-order valence-corrected chi connectivity index (χ3v) is 1.28. The van der Waals surface area contributed by atoms with Crippen LogP contribution in [0.5, 0.6) is 0 Å². The van der Waals surface area contributed by atoms with Gasteiger partial charge in [0.25, 0.3) is 0 Å². The highest BCUT2D eigenvalue weighted by molar-refractivity contribution is 5.81. The predicted octanol–water partition coefficient (Wildman–Crippen LogP) is 1.31. The van der Waals surface area contributed by atoms with Gasteiger partial charge in [-0.15, -0.1) is 0 Å². The van der Waals surface area contributed by atoms with Crippen LogP contribution in [0.25, 0.3) is 0 Å². The topological polar surface area (TPSA) is 49.7 Å². The lowest BCUT2D eigenvalue weighted by Gasteiger charge is -1.90. The third-order valence-electron chi connectivity index (χ3n) is 1.28. The monoisotopic (exact) mass is 149 g/mol. The van der Waals surface area contributed by atoms with E-state index in [0.717, 1.165) is 11.8 Å². The normalized spacial score (nSPS) is 10.2. The molecule has 3 heteroatoms. The van der Waals surface area contributed by atoms with Crippen molar-refractivity contribution in [3.63, 3.8) is 0 Å². The van der Waals surface area contributed by atoms with Crippen molar-refractivity contribution in [2.24, 2.45) is 5.16 Å². The Morgan fingerprint density at radius 1 is 1.18 bits per heavy atom. The van der Waals surface area contributed by atoms with Gasteiger partial charge in [0.15, 0.2) is 0 Å². The average Bonchev–Trinajstić information content (AvgIpc) is 2.07. The number of carbonyl (C=O) groups is 1. The molecule has 0 amide bonds. The molecule has 11 heavy (non-hydrogen) atoms. The second-order valence-electron chi connectivity index (χ2n) is 2.03. The molecule has 56 valence electrons. The number of hydrogen-bond acceptors (Lipinski definition) is 3. The molecule has 1 aromatic carbocycles. The molecule has 0 atom stereocenters. The molecule has 1 N–H and O–H groups in total. The molecule has 0 heterocycles. The molecule has 0 bridgehead atoms. The molecule has 1 aromatic rings. The molecule has 1 rings (SSSR count). The Kier molecular flexibility index (Phi) is 2.38. The highest BCUT2D eigenvalue weighted by Gasteiger charge is 1.88. The van der Waals surface area contributed by atoms with Crippen LogP contribution in [0.4, 0.5) is 0 Å². The van der Waals surface area contributed by atoms with Gasteiger partial charge in [-0.3, -0.25) is 4.79 Å². The fourth-order valence-electron chi connectivity index (χ4n) is 0.727. The van der Waals surface area contributed by atoms with E-state index >= 15 is 0 Å².